The van der Waals surface area contributed by atoms with E-state index in [1.807, 2.05) is 18.9 Å². The molecule has 0 aromatic rings. The Balaban J connectivity index is 3.11. The summed E-state index contributed by atoms with van der Waals surface area (Å²) in [6.45, 7) is 17.5. The van der Waals surface area contributed by atoms with Crippen LogP contribution < -0.4 is 0 Å². The lowest BCUT2D eigenvalue weighted by Crippen LogP contribution is -2.63. The number of hydroxylamine groups is 2. The van der Waals surface area contributed by atoms with E-state index in [0.717, 1.165) is 12.8 Å². The zero-order valence-corrected chi connectivity index (χ0v) is 18.4. The van der Waals surface area contributed by atoms with E-state index in [4.69, 9.17) is 19.0 Å². The van der Waals surface area contributed by atoms with Crippen molar-refractivity contribution in [1.82, 2.24) is 5.06 Å². The van der Waals surface area contributed by atoms with Crippen molar-refractivity contribution < 1.29 is 28.6 Å². The third kappa shape index (κ3) is 5.42. The summed E-state index contributed by atoms with van der Waals surface area (Å²) >= 11 is 0. The minimum Gasteiger partial charge on any atom is -0.463 e. The number of carbonyl (C=O) groups is 2. The lowest BCUT2D eigenvalue weighted by molar-refractivity contribution is -0.298. The van der Waals surface area contributed by atoms with Crippen LogP contribution in [0.1, 0.15) is 75.2 Å². The number of rotatable bonds is 9. The lowest BCUT2D eigenvalue weighted by Gasteiger charge is -2.52. The first kappa shape index (κ1) is 23.9. The van der Waals surface area contributed by atoms with Gasteiger partial charge in [-0.2, -0.15) is 0 Å². The van der Waals surface area contributed by atoms with Gasteiger partial charge in [0.25, 0.3) is 0 Å². The molecule has 4 atom stereocenters. The Hall–Kier alpha value is -1.18. The van der Waals surface area contributed by atoms with Gasteiger partial charge >= 0.3 is 11.9 Å². The van der Waals surface area contributed by atoms with E-state index in [1.54, 1.807) is 0 Å². The van der Waals surface area contributed by atoms with Gasteiger partial charge in [-0.15, -0.1) is 5.06 Å². The SMILES string of the molecule is CCC(C)(C)N(OC(C)=O)C(C)(CC)C(C)C1(C)OCC(COC(C)=O)O1. The van der Waals surface area contributed by atoms with Gasteiger partial charge in [0, 0.05) is 19.8 Å². The highest BCUT2D eigenvalue weighted by Gasteiger charge is 2.55. The van der Waals surface area contributed by atoms with Crippen molar-refractivity contribution in [2.24, 2.45) is 5.92 Å². The number of ether oxygens (including phenoxy) is 3. The molecule has 1 rings (SSSR count). The minimum absolute atomic E-state index is 0.137. The van der Waals surface area contributed by atoms with Gasteiger partial charge in [-0.05, 0) is 40.5 Å². The Bertz CT molecular complexity index is 537. The monoisotopic (exact) mass is 387 g/mol. The summed E-state index contributed by atoms with van der Waals surface area (Å²) in [5.41, 5.74) is -0.896. The largest absolute Gasteiger partial charge is 0.463 e. The molecule has 1 saturated heterocycles. The van der Waals surface area contributed by atoms with Crippen LogP contribution in [0.2, 0.25) is 0 Å². The molecule has 27 heavy (non-hydrogen) atoms. The number of hydrogen-bond donors (Lipinski definition) is 0. The first-order valence-corrected chi connectivity index (χ1v) is 9.76. The summed E-state index contributed by atoms with van der Waals surface area (Å²) in [7, 11) is 0. The standard InChI is InChI=1S/C20H37NO6/c1-10-18(6,7)21(27-16(5)23)19(8,11-2)14(3)20(9)25-13-17(26-20)12-24-15(4)22/h14,17H,10-13H2,1-9H3. The van der Waals surface area contributed by atoms with E-state index < -0.39 is 11.3 Å². The Morgan fingerprint density at radius 2 is 1.78 bits per heavy atom. The molecule has 1 fully saturated rings. The summed E-state index contributed by atoms with van der Waals surface area (Å²) < 4.78 is 17.2. The summed E-state index contributed by atoms with van der Waals surface area (Å²) in [6, 6.07) is 0. The quantitative estimate of drug-likeness (QED) is 0.443. The number of carbonyl (C=O) groups excluding carboxylic acids is 2. The molecule has 1 aliphatic rings. The molecule has 1 heterocycles. The molecule has 0 spiro atoms. The number of hydrogen-bond acceptors (Lipinski definition) is 7. The fourth-order valence-corrected chi connectivity index (χ4v) is 3.56. The smallest absolute Gasteiger partial charge is 0.322 e. The lowest BCUT2D eigenvalue weighted by atomic mass is 9.76. The highest BCUT2D eigenvalue weighted by Crippen LogP contribution is 2.44. The van der Waals surface area contributed by atoms with E-state index in [-0.39, 0.29) is 36.1 Å². The predicted octanol–water partition coefficient (Wildman–Crippen LogP) is 3.45. The highest BCUT2D eigenvalue weighted by molar-refractivity contribution is 5.66. The van der Waals surface area contributed by atoms with Crippen LogP contribution in [0.5, 0.6) is 0 Å². The fourth-order valence-electron chi connectivity index (χ4n) is 3.56. The molecular formula is C20H37NO6. The topological polar surface area (TPSA) is 74.3 Å². The van der Waals surface area contributed by atoms with Gasteiger partial charge in [-0.25, -0.2) is 0 Å². The maximum Gasteiger partial charge on any atom is 0.322 e. The average Bonchev–Trinajstić information content (AvgIpc) is 2.98. The number of nitrogens with zero attached hydrogens (tertiary/aromatic N) is 1. The first-order chi connectivity index (χ1) is 12.3. The molecule has 0 N–H and O–H groups in total. The van der Waals surface area contributed by atoms with Crippen LogP contribution in [-0.4, -0.2) is 53.2 Å². The molecule has 0 amide bonds. The minimum atomic E-state index is -0.891. The molecule has 0 aliphatic carbocycles. The van der Waals surface area contributed by atoms with Crippen LogP contribution in [0.3, 0.4) is 0 Å². The van der Waals surface area contributed by atoms with Gasteiger partial charge in [-0.1, -0.05) is 20.8 Å². The third-order valence-corrected chi connectivity index (χ3v) is 5.96. The molecule has 0 bridgehead atoms. The molecule has 0 aromatic heterocycles. The van der Waals surface area contributed by atoms with Crippen molar-refractivity contribution in [3.8, 4) is 0 Å². The van der Waals surface area contributed by atoms with Gasteiger partial charge in [-0.3, -0.25) is 9.59 Å². The van der Waals surface area contributed by atoms with E-state index >= 15 is 0 Å². The van der Waals surface area contributed by atoms with Gasteiger partial charge in [0.1, 0.15) is 12.7 Å². The van der Waals surface area contributed by atoms with Crippen molar-refractivity contribution in [1.29, 1.82) is 0 Å². The van der Waals surface area contributed by atoms with Gasteiger partial charge in [0.2, 0.25) is 0 Å². The average molecular weight is 388 g/mol. The third-order valence-electron chi connectivity index (χ3n) is 5.96. The molecule has 7 heteroatoms. The molecule has 0 radical (unpaired) electrons. The van der Waals surface area contributed by atoms with Gasteiger partial charge < -0.3 is 19.0 Å². The van der Waals surface area contributed by atoms with Crippen LogP contribution in [-0.2, 0) is 28.6 Å². The van der Waals surface area contributed by atoms with Crippen molar-refractivity contribution in [2.75, 3.05) is 13.2 Å². The summed E-state index contributed by atoms with van der Waals surface area (Å²) in [6.07, 6.45) is 1.21. The van der Waals surface area contributed by atoms with Crippen molar-refractivity contribution in [3.05, 3.63) is 0 Å². The number of esters is 1. The first-order valence-electron chi connectivity index (χ1n) is 9.76. The van der Waals surface area contributed by atoms with E-state index in [0.29, 0.717) is 6.61 Å². The van der Waals surface area contributed by atoms with Gasteiger partial charge in [0.15, 0.2) is 5.79 Å². The van der Waals surface area contributed by atoms with E-state index in [1.165, 1.54) is 13.8 Å². The van der Waals surface area contributed by atoms with Gasteiger partial charge in [0.05, 0.1) is 17.7 Å². The second-order valence-corrected chi connectivity index (χ2v) is 8.35. The highest BCUT2D eigenvalue weighted by atomic mass is 16.8. The molecule has 0 aromatic carbocycles. The zero-order chi connectivity index (χ0) is 21.0. The Morgan fingerprint density at radius 1 is 1.19 bits per heavy atom. The Labute approximate surface area is 163 Å². The Morgan fingerprint density at radius 3 is 2.22 bits per heavy atom. The summed E-state index contributed by atoms with van der Waals surface area (Å²) in [5.74, 6) is -1.72. The van der Waals surface area contributed by atoms with Crippen LogP contribution in [0.25, 0.3) is 0 Å². The molecular weight excluding hydrogens is 350 g/mol. The summed E-state index contributed by atoms with van der Waals surface area (Å²) in [4.78, 5) is 28.6. The predicted molar refractivity (Wildman–Crippen MR) is 102 cm³/mol. The van der Waals surface area contributed by atoms with Crippen molar-refractivity contribution >= 4 is 11.9 Å². The second kappa shape index (κ2) is 8.88. The van der Waals surface area contributed by atoms with Crippen molar-refractivity contribution in [2.45, 2.75) is 98.1 Å². The molecule has 4 unspecified atom stereocenters. The normalized spacial score (nSPS) is 26.5. The van der Waals surface area contributed by atoms with Crippen LogP contribution in [0.15, 0.2) is 0 Å². The molecule has 1 aliphatic heterocycles. The molecule has 158 valence electrons. The van der Waals surface area contributed by atoms with E-state index in [2.05, 4.69) is 34.6 Å². The van der Waals surface area contributed by atoms with Crippen LogP contribution >= 0.6 is 0 Å². The van der Waals surface area contributed by atoms with Crippen molar-refractivity contribution in [3.63, 3.8) is 0 Å². The zero-order valence-electron chi connectivity index (χ0n) is 18.4. The van der Waals surface area contributed by atoms with Crippen LogP contribution in [0.4, 0.5) is 0 Å². The molecule has 7 nitrogen and oxygen atoms in total. The molecule has 0 saturated carbocycles. The second-order valence-electron chi connectivity index (χ2n) is 8.35. The van der Waals surface area contributed by atoms with E-state index in [9.17, 15) is 9.59 Å². The fraction of sp³-hybridized carbons (Fsp3) is 0.900. The Kier molecular flexibility index (Phi) is 7.85. The van der Waals surface area contributed by atoms with Crippen LogP contribution in [0, 0.1) is 5.92 Å². The summed E-state index contributed by atoms with van der Waals surface area (Å²) in [5, 5.41) is 1.81. The maximum absolute atomic E-state index is 11.8. The maximum atomic E-state index is 11.8.